The molecule has 0 fully saturated rings. The molecule has 5 rings (SSSR count). The molecule has 1 aromatic heterocycles. The minimum Gasteiger partial charge on any atom is -0.351 e. The van der Waals surface area contributed by atoms with Crippen molar-refractivity contribution < 1.29 is 4.52 Å². The van der Waals surface area contributed by atoms with Crippen LogP contribution in [0.4, 0.5) is 5.69 Å². The second-order valence-corrected chi connectivity index (χ2v) is 8.90. The van der Waals surface area contributed by atoms with Crippen LogP contribution in [0.2, 0.25) is 5.02 Å². The van der Waals surface area contributed by atoms with Crippen LogP contribution in [0.3, 0.4) is 0 Å². The van der Waals surface area contributed by atoms with Crippen molar-refractivity contribution in [1.29, 1.82) is 0 Å². The van der Waals surface area contributed by atoms with Crippen molar-refractivity contribution in [1.82, 2.24) is 15.5 Å². The predicted molar refractivity (Wildman–Crippen MR) is 141 cm³/mol. The van der Waals surface area contributed by atoms with Gasteiger partial charge in [0.1, 0.15) is 0 Å². The molecule has 0 saturated heterocycles. The topological polar surface area (TPSA) is 54.2 Å². The zero-order valence-electron chi connectivity index (χ0n) is 18.8. The van der Waals surface area contributed by atoms with E-state index < -0.39 is 0 Å². The smallest absolute Gasteiger partial charge is 0.258 e. The summed E-state index contributed by atoms with van der Waals surface area (Å²) < 4.78 is 5.81. The van der Waals surface area contributed by atoms with Gasteiger partial charge in [0.15, 0.2) is 5.11 Å². The molecule has 0 bridgehead atoms. The molecule has 1 atom stereocenters. The number of nitrogens with one attached hydrogen (secondary N) is 1. The molecule has 170 valence electrons. The molecule has 4 aromatic rings. The number of aryl methyl sites for hydroxylation is 1. The molecule has 0 spiro atoms. The summed E-state index contributed by atoms with van der Waals surface area (Å²) in [7, 11) is 0. The number of allylic oxidation sites excluding steroid dienone is 1. The Morgan fingerprint density at radius 3 is 2.50 bits per heavy atom. The molecular weight excluding hydrogens is 464 g/mol. The van der Waals surface area contributed by atoms with Gasteiger partial charge < -0.3 is 9.84 Å². The van der Waals surface area contributed by atoms with Crippen molar-refractivity contribution >= 4 is 40.2 Å². The first-order valence-corrected chi connectivity index (χ1v) is 11.9. The van der Waals surface area contributed by atoms with Gasteiger partial charge in [0.2, 0.25) is 5.82 Å². The number of anilines is 1. The van der Waals surface area contributed by atoms with Crippen molar-refractivity contribution in [2.24, 2.45) is 0 Å². The van der Waals surface area contributed by atoms with Crippen LogP contribution in [-0.4, -0.2) is 15.3 Å². The number of hydrogen-bond acceptors (Lipinski definition) is 4. The first-order chi connectivity index (χ1) is 16.5. The quantitative estimate of drug-likeness (QED) is 0.312. The maximum Gasteiger partial charge on any atom is 0.258 e. The van der Waals surface area contributed by atoms with E-state index in [2.05, 4.69) is 41.7 Å². The molecule has 1 aliphatic rings. The number of thiocarbonyl (C=S) groups is 1. The van der Waals surface area contributed by atoms with Gasteiger partial charge in [0, 0.05) is 22.0 Å². The fourth-order valence-corrected chi connectivity index (χ4v) is 4.72. The average molecular weight is 487 g/mol. The van der Waals surface area contributed by atoms with Crippen LogP contribution >= 0.6 is 23.8 Å². The summed E-state index contributed by atoms with van der Waals surface area (Å²) in [6.07, 6.45) is 0.977. The van der Waals surface area contributed by atoms with E-state index in [-0.39, 0.29) is 6.04 Å². The molecule has 7 heteroatoms. The van der Waals surface area contributed by atoms with E-state index >= 15 is 0 Å². The number of hydrogen-bond donors (Lipinski definition) is 1. The lowest BCUT2D eigenvalue weighted by Gasteiger charge is -2.37. The standard InChI is InChI=1S/C27H23ClN4OS/c1-3-18-12-14-19(15-13-18)24-23(26-30-25(31-33-26)20-8-5-4-6-9-20)17(2)32(27(34)29-24)22-11-7-10-21(28)16-22/h4-16,24H,3H2,1-2H3,(H,29,34). The van der Waals surface area contributed by atoms with Gasteiger partial charge in [-0.2, -0.15) is 4.98 Å². The largest absolute Gasteiger partial charge is 0.351 e. The summed E-state index contributed by atoms with van der Waals surface area (Å²) >= 11 is 12.1. The highest BCUT2D eigenvalue weighted by Gasteiger charge is 2.34. The van der Waals surface area contributed by atoms with Gasteiger partial charge in [0.05, 0.1) is 11.6 Å². The Morgan fingerprint density at radius 1 is 1.03 bits per heavy atom. The van der Waals surface area contributed by atoms with E-state index in [0.29, 0.717) is 21.9 Å². The fourth-order valence-electron chi connectivity index (χ4n) is 4.18. The molecule has 0 aliphatic carbocycles. The normalized spacial score (nSPS) is 16.0. The van der Waals surface area contributed by atoms with Gasteiger partial charge in [-0.3, -0.25) is 4.90 Å². The second-order valence-electron chi connectivity index (χ2n) is 8.08. The maximum atomic E-state index is 6.29. The molecule has 2 heterocycles. The molecule has 1 aliphatic heterocycles. The zero-order chi connectivity index (χ0) is 23.7. The Bertz CT molecular complexity index is 1360. The number of rotatable bonds is 5. The van der Waals surface area contributed by atoms with Gasteiger partial charge in [0.25, 0.3) is 5.89 Å². The molecule has 1 N–H and O–H groups in total. The lowest BCUT2D eigenvalue weighted by atomic mass is 9.93. The maximum absolute atomic E-state index is 6.29. The highest BCUT2D eigenvalue weighted by molar-refractivity contribution is 7.80. The molecule has 5 nitrogen and oxygen atoms in total. The van der Waals surface area contributed by atoms with E-state index in [9.17, 15) is 0 Å². The molecule has 0 amide bonds. The molecule has 34 heavy (non-hydrogen) atoms. The van der Waals surface area contributed by atoms with Gasteiger partial charge in [-0.25, -0.2) is 0 Å². The number of aromatic nitrogens is 2. The zero-order valence-corrected chi connectivity index (χ0v) is 20.4. The first kappa shape index (κ1) is 22.3. The Labute approximate surface area is 209 Å². The molecule has 3 aromatic carbocycles. The van der Waals surface area contributed by atoms with Crippen LogP contribution in [0.15, 0.2) is 89.1 Å². The Balaban J connectivity index is 1.65. The average Bonchev–Trinajstić information content (AvgIpc) is 3.34. The number of benzene rings is 3. The minimum absolute atomic E-state index is 0.238. The monoisotopic (exact) mass is 486 g/mol. The van der Waals surface area contributed by atoms with Crippen LogP contribution < -0.4 is 10.2 Å². The summed E-state index contributed by atoms with van der Waals surface area (Å²) in [6, 6.07) is 25.7. The summed E-state index contributed by atoms with van der Waals surface area (Å²) in [5.41, 5.74) is 5.87. The SMILES string of the molecule is CCc1ccc(C2NC(=S)N(c3cccc(Cl)c3)C(C)=C2c2nc(-c3ccccc3)no2)cc1. The highest BCUT2D eigenvalue weighted by Crippen LogP contribution is 2.39. The Hall–Kier alpha value is -3.48. The van der Waals surface area contributed by atoms with E-state index in [1.807, 2.05) is 66.4 Å². The summed E-state index contributed by atoms with van der Waals surface area (Å²) in [5, 5.41) is 8.97. The molecule has 0 saturated carbocycles. The number of halogens is 1. The Kier molecular flexibility index (Phi) is 6.18. The van der Waals surface area contributed by atoms with Crippen LogP contribution in [-0.2, 0) is 6.42 Å². The van der Waals surface area contributed by atoms with Crippen LogP contribution in [0.25, 0.3) is 17.0 Å². The molecule has 0 radical (unpaired) electrons. The van der Waals surface area contributed by atoms with Crippen molar-refractivity contribution in [2.45, 2.75) is 26.3 Å². The van der Waals surface area contributed by atoms with Gasteiger partial charge in [-0.15, -0.1) is 0 Å². The van der Waals surface area contributed by atoms with Gasteiger partial charge >= 0.3 is 0 Å². The summed E-state index contributed by atoms with van der Waals surface area (Å²) in [6.45, 7) is 4.16. The van der Waals surface area contributed by atoms with Crippen LogP contribution in [0, 0.1) is 0 Å². The van der Waals surface area contributed by atoms with Crippen LogP contribution in [0.1, 0.15) is 36.9 Å². The van der Waals surface area contributed by atoms with Gasteiger partial charge in [-0.05, 0) is 54.9 Å². The first-order valence-electron chi connectivity index (χ1n) is 11.1. The number of nitrogens with zero attached hydrogens (tertiary/aromatic N) is 3. The van der Waals surface area contributed by atoms with E-state index in [1.165, 1.54) is 5.56 Å². The Morgan fingerprint density at radius 2 is 1.79 bits per heavy atom. The summed E-state index contributed by atoms with van der Waals surface area (Å²) in [4.78, 5) is 6.72. The van der Waals surface area contributed by atoms with E-state index in [1.54, 1.807) is 0 Å². The van der Waals surface area contributed by atoms with E-state index in [0.717, 1.165) is 34.5 Å². The molecule has 1 unspecified atom stereocenters. The third-order valence-corrected chi connectivity index (χ3v) is 6.50. The third kappa shape index (κ3) is 4.22. The van der Waals surface area contributed by atoms with Gasteiger partial charge in [-0.1, -0.05) is 84.3 Å². The van der Waals surface area contributed by atoms with Crippen molar-refractivity contribution in [3.8, 4) is 11.4 Å². The van der Waals surface area contributed by atoms with Crippen molar-refractivity contribution in [3.05, 3.63) is 107 Å². The van der Waals surface area contributed by atoms with Crippen LogP contribution in [0.5, 0.6) is 0 Å². The van der Waals surface area contributed by atoms with Crippen molar-refractivity contribution in [3.63, 3.8) is 0 Å². The predicted octanol–water partition coefficient (Wildman–Crippen LogP) is 6.82. The lowest BCUT2D eigenvalue weighted by molar-refractivity contribution is 0.404. The summed E-state index contributed by atoms with van der Waals surface area (Å²) in [5.74, 6) is 0.987. The second kappa shape index (κ2) is 9.41. The molecular formula is C27H23ClN4OS. The minimum atomic E-state index is -0.238. The lowest BCUT2D eigenvalue weighted by Crippen LogP contribution is -2.46. The van der Waals surface area contributed by atoms with E-state index in [4.69, 9.17) is 33.3 Å². The third-order valence-electron chi connectivity index (χ3n) is 5.96. The highest BCUT2D eigenvalue weighted by atomic mass is 35.5. The fraction of sp³-hybridized carbons (Fsp3) is 0.148. The van der Waals surface area contributed by atoms with Crippen molar-refractivity contribution in [2.75, 3.05) is 4.90 Å².